The van der Waals surface area contributed by atoms with Gasteiger partial charge in [-0.3, -0.25) is 0 Å². The number of methoxy groups -OCH3 is 1. The van der Waals surface area contributed by atoms with Gasteiger partial charge in [-0.15, -0.1) is 6.58 Å². The van der Waals surface area contributed by atoms with Crippen molar-refractivity contribution in [1.82, 2.24) is 5.32 Å². The fourth-order valence-corrected chi connectivity index (χ4v) is 1.75. The first-order valence-corrected chi connectivity index (χ1v) is 5.72. The lowest BCUT2D eigenvalue weighted by Gasteiger charge is -2.00. The molecule has 0 aliphatic heterocycles. The van der Waals surface area contributed by atoms with Crippen LogP contribution in [0.1, 0.15) is 12.2 Å². The standard InChI is InChI=1S/C14H17NO2/c1-3-4-8-15-10-12-9-11-6-5-7-13(16-2)14(11)17-12/h3,5-7,9,15H,1,4,8,10H2,2H3. The zero-order chi connectivity index (χ0) is 12.1. The molecule has 0 spiro atoms. The van der Waals surface area contributed by atoms with E-state index in [2.05, 4.69) is 11.9 Å². The third kappa shape index (κ3) is 2.68. The number of fused-ring (bicyclic) bond motifs is 1. The second-order valence-corrected chi connectivity index (χ2v) is 3.85. The summed E-state index contributed by atoms with van der Waals surface area (Å²) in [5.41, 5.74) is 0.815. The van der Waals surface area contributed by atoms with Crippen molar-refractivity contribution in [2.75, 3.05) is 13.7 Å². The summed E-state index contributed by atoms with van der Waals surface area (Å²) in [6, 6.07) is 7.93. The number of nitrogens with one attached hydrogen (secondary N) is 1. The van der Waals surface area contributed by atoms with Crippen LogP contribution < -0.4 is 10.1 Å². The van der Waals surface area contributed by atoms with Crippen LogP contribution in [0.3, 0.4) is 0 Å². The van der Waals surface area contributed by atoms with E-state index in [1.807, 2.05) is 30.3 Å². The monoisotopic (exact) mass is 231 g/mol. The van der Waals surface area contributed by atoms with Crippen molar-refractivity contribution in [3.05, 3.63) is 42.7 Å². The highest BCUT2D eigenvalue weighted by molar-refractivity contribution is 5.83. The lowest BCUT2D eigenvalue weighted by Crippen LogP contribution is -2.13. The molecular formula is C14H17NO2. The summed E-state index contributed by atoms with van der Waals surface area (Å²) >= 11 is 0. The zero-order valence-electron chi connectivity index (χ0n) is 10.0. The van der Waals surface area contributed by atoms with Crippen LogP contribution in [0, 0.1) is 0 Å². The first-order valence-electron chi connectivity index (χ1n) is 5.72. The van der Waals surface area contributed by atoms with Gasteiger partial charge >= 0.3 is 0 Å². The van der Waals surface area contributed by atoms with Crippen molar-refractivity contribution in [2.24, 2.45) is 0 Å². The molecule has 2 aromatic rings. The van der Waals surface area contributed by atoms with Gasteiger partial charge in [-0.25, -0.2) is 0 Å². The molecule has 0 radical (unpaired) electrons. The van der Waals surface area contributed by atoms with Crippen LogP contribution in [-0.4, -0.2) is 13.7 Å². The fraction of sp³-hybridized carbons (Fsp3) is 0.286. The van der Waals surface area contributed by atoms with E-state index in [4.69, 9.17) is 9.15 Å². The molecule has 1 heterocycles. The van der Waals surface area contributed by atoms with Gasteiger partial charge in [0.15, 0.2) is 11.3 Å². The van der Waals surface area contributed by atoms with Crippen molar-refractivity contribution < 1.29 is 9.15 Å². The molecule has 90 valence electrons. The van der Waals surface area contributed by atoms with E-state index in [1.165, 1.54) is 0 Å². The number of ether oxygens (including phenoxy) is 1. The average molecular weight is 231 g/mol. The maximum Gasteiger partial charge on any atom is 0.176 e. The summed E-state index contributed by atoms with van der Waals surface area (Å²) in [6.45, 7) is 5.32. The van der Waals surface area contributed by atoms with Gasteiger partial charge in [0.2, 0.25) is 0 Å². The largest absolute Gasteiger partial charge is 0.493 e. The molecule has 3 heteroatoms. The average Bonchev–Trinajstić information content (AvgIpc) is 2.77. The Kier molecular flexibility index (Phi) is 3.83. The number of hydrogen-bond donors (Lipinski definition) is 1. The molecule has 0 amide bonds. The van der Waals surface area contributed by atoms with Gasteiger partial charge in [-0.2, -0.15) is 0 Å². The molecule has 0 aliphatic carbocycles. The van der Waals surface area contributed by atoms with Gasteiger partial charge in [0.05, 0.1) is 13.7 Å². The summed E-state index contributed by atoms with van der Waals surface area (Å²) in [4.78, 5) is 0. The van der Waals surface area contributed by atoms with Crippen LogP contribution in [-0.2, 0) is 6.54 Å². The molecular weight excluding hydrogens is 214 g/mol. The maximum atomic E-state index is 5.76. The predicted octanol–water partition coefficient (Wildman–Crippen LogP) is 3.11. The number of para-hydroxylation sites is 1. The second kappa shape index (κ2) is 5.55. The van der Waals surface area contributed by atoms with E-state index in [0.717, 1.165) is 42.0 Å². The van der Waals surface area contributed by atoms with E-state index < -0.39 is 0 Å². The highest BCUT2D eigenvalue weighted by Gasteiger charge is 2.07. The number of benzene rings is 1. The summed E-state index contributed by atoms with van der Waals surface area (Å²) in [6.07, 6.45) is 2.86. The van der Waals surface area contributed by atoms with Crippen LogP contribution in [0.5, 0.6) is 5.75 Å². The molecule has 0 bridgehead atoms. The lowest BCUT2D eigenvalue weighted by atomic mass is 10.2. The van der Waals surface area contributed by atoms with E-state index in [1.54, 1.807) is 7.11 Å². The molecule has 0 unspecified atom stereocenters. The zero-order valence-corrected chi connectivity index (χ0v) is 10.0. The summed E-state index contributed by atoms with van der Waals surface area (Å²) in [7, 11) is 1.65. The Hall–Kier alpha value is -1.74. The summed E-state index contributed by atoms with van der Waals surface area (Å²) in [5.74, 6) is 1.70. The van der Waals surface area contributed by atoms with Gasteiger partial charge in [0.25, 0.3) is 0 Å². The molecule has 0 aliphatic rings. The molecule has 1 aromatic carbocycles. The highest BCUT2D eigenvalue weighted by Crippen LogP contribution is 2.28. The van der Waals surface area contributed by atoms with Gasteiger partial charge in [-0.1, -0.05) is 18.2 Å². The minimum atomic E-state index is 0.728. The Morgan fingerprint density at radius 3 is 3.12 bits per heavy atom. The Morgan fingerprint density at radius 1 is 1.47 bits per heavy atom. The molecule has 3 nitrogen and oxygen atoms in total. The molecule has 0 saturated carbocycles. The maximum absolute atomic E-state index is 5.76. The van der Waals surface area contributed by atoms with E-state index in [0.29, 0.717) is 0 Å². The third-order valence-electron chi connectivity index (χ3n) is 2.60. The van der Waals surface area contributed by atoms with E-state index in [9.17, 15) is 0 Å². The highest BCUT2D eigenvalue weighted by atomic mass is 16.5. The molecule has 1 aromatic heterocycles. The summed E-state index contributed by atoms with van der Waals surface area (Å²) < 4.78 is 11.0. The van der Waals surface area contributed by atoms with Gasteiger partial charge in [-0.05, 0) is 25.1 Å². The third-order valence-corrected chi connectivity index (χ3v) is 2.60. The predicted molar refractivity (Wildman–Crippen MR) is 69.3 cm³/mol. The van der Waals surface area contributed by atoms with Crippen LogP contribution in [0.2, 0.25) is 0 Å². The molecule has 2 rings (SSSR count). The Balaban J connectivity index is 2.11. The molecule has 0 atom stereocenters. The van der Waals surface area contributed by atoms with Crippen molar-refractivity contribution in [1.29, 1.82) is 0 Å². The molecule has 17 heavy (non-hydrogen) atoms. The smallest absolute Gasteiger partial charge is 0.176 e. The number of hydrogen-bond acceptors (Lipinski definition) is 3. The lowest BCUT2D eigenvalue weighted by molar-refractivity contribution is 0.406. The molecule has 0 fully saturated rings. The van der Waals surface area contributed by atoms with Gasteiger partial charge < -0.3 is 14.5 Å². The van der Waals surface area contributed by atoms with Crippen molar-refractivity contribution >= 4 is 11.0 Å². The van der Waals surface area contributed by atoms with Gasteiger partial charge in [0, 0.05) is 5.39 Å². The van der Waals surface area contributed by atoms with Crippen LogP contribution in [0.4, 0.5) is 0 Å². The van der Waals surface area contributed by atoms with Crippen molar-refractivity contribution in [3.8, 4) is 5.75 Å². The molecule has 0 saturated heterocycles. The fourth-order valence-electron chi connectivity index (χ4n) is 1.75. The van der Waals surface area contributed by atoms with Crippen LogP contribution in [0.25, 0.3) is 11.0 Å². The summed E-state index contributed by atoms with van der Waals surface area (Å²) in [5, 5.41) is 4.37. The first-order chi connectivity index (χ1) is 8.35. The van der Waals surface area contributed by atoms with Gasteiger partial charge in [0.1, 0.15) is 5.76 Å². The SMILES string of the molecule is C=CCCNCc1cc2cccc(OC)c2o1. The van der Waals surface area contributed by atoms with Crippen molar-refractivity contribution in [3.63, 3.8) is 0 Å². The quantitative estimate of drug-likeness (QED) is 0.612. The normalized spacial score (nSPS) is 10.6. The van der Waals surface area contributed by atoms with Crippen LogP contribution >= 0.6 is 0 Å². The second-order valence-electron chi connectivity index (χ2n) is 3.85. The molecule has 1 N–H and O–H groups in total. The van der Waals surface area contributed by atoms with Crippen molar-refractivity contribution in [2.45, 2.75) is 13.0 Å². The number of rotatable bonds is 6. The Labute approximate surface area is 101 Å². The number of furan rings is 1. The minimum absolute atomic E-state index is 0.728. The minimum Gasteiger partial charge on any atom is -0.493 e. The Bertz CT molecular complexity index is 502. The van der Waals surface area contributed by atoms with E-state index in [-0.39, 0.29) is 0 Å². The van der Waals surface area contributed by atoms with E-state index >= 15 is 0 Å². The Morgan fingerprint density at radius 2 is 2.35 bits per heavy atom. The first kappa shape index (κ1) is 11.7. The topological polar surface area (TPSA) is 34.4 Å². The van der Waals surface area contributed by atoms with Crippen LogP contribution in [0.15, 0.2) is 41.3 Å².